The zero-order chi connectivity index (χ0) is 25.1. The van der Waals surface area contributed by atoms with Crippen molar-refractivity contribution in [2.45, 2.75) is 38.4 Å². The first kappa shape index (κ1) is 24.8. The Labute approximate surface area is 220 Å². The third-order valence-corrected chi connectivity index (χ3v) is 7.51. The van der Waals surface area contributed by atoms with E-state index in [4.69, 9.17) is 23.2 Å². The Kier molecular flexibility index (Phi) is 7.61. The maximum Gasteiger partial charge on any atom is 0.237 e. The van der Waals surface area contributed by atoms with Crippen LogP contribution in [0.4, 0.5) is 4.39 Å². The van der Waals surface area contributed by atoms with Gasteiger partial charge in [0.25, 0.3) is 0 Å². The van der Waals surface area contributed by atoms with Crippen molar-refractivity contribution in [1.82, 2.24) is 14.8 Å². The molecule has 1 aromatic heterocycles. The van der Waals surface area contributed by atoms with Crippen molar-refractivity contribution in [3.63, 3.8) is 0 Å². The van der Waals surface area contributed by atoms with E-state index in [2.05, 4.69) is 16.0 Å². The number of rotatable bonds is 10. The van der Waals surface area contributed by atoms with Crippen molar-refractivity contribution < 1.29 is 9.18 Å². The number of H-pyrrole nitrogens is 1. The number of aromatic nitrogens is 1. The Hall–Kier alpha value is -2.86. The number of para-hydroxylation sites is 1. The van der Waals surface area contributed by atoms with Gasteiger partial charge in [0.1, 0.15) is 5.82 Å². The van der Waals surface area contributed by atoms with Gasteiger partial charge in [0.2, 0.25) is 5.91 Å². The molecule has 7 heteroatoms. The van der Waals surface area contributed by atoms with Gasteiger partial charge >= 0.3 is 0 Å². The van der Waals surface area contributed by atoms with E-state index in [1.807, 2.05) is 47.5 Å². The van der Waals surface area contributed by atoms with E-state index >= 15 is 0 Å². The van der Waals surface area contributed by atoms with E-state index in [0.29, 0.717) is 47.7 Å². The van der Waals surface area contributed by atoms with Crippen LogP contribution in [0.15, 0.2) is 72.9 Å². The average molecular weight is 524 g/mol. The second-order valence-electron chi connectivity index (χ2n) is 9.40. The molecule has 1 fully saturated rings. The summed E-state index contributed by atoms with van der Waals surface area (Å²) in [6.07, 6.45) is 4.79. The molecule has 1 N–H and O–H groups in total. The number of halogens is 3. The highest BCUT2D eigenvalue weighted by Crippen LogP contribution is 2.29. The second-order valence-corrected chi connectivity index (χ2v) is 10.2. The van der Waals surface area contributed by atoms with E-state index in [9.17, 15) is 9.18 Å². The zero-order valence-electron chi connectivity index (χ0n) is 19.9. The summed E-state index contributed by atoms with van der Waals surface area (Å²) < 4.78 is 14.3. The lowest BCUT2D eigenvalue weighted by atomic mass is 10.1. The molecule has 1 saturated carbocycles. The molecule has 4 nitrogen and oxygen atoms in total. The van der Waals surface area contributed by atoms with Gasteiger partial charge in [0.15, 0.2) is 0 Å². The number of nitrogens with zero attached hydrogens (tertiary/aromatic N) is 2. The number of fused-ring (bicyclic) bond motifs is 1. The summed E-state index contributed by atoms with van der Waals surface area (Å²) in [6, 6.07) is 20.7. The van der Waals surface area contributed by atoms with Crippen molar-refractivity contribution in [2.24, 2.45) is 0 Å². The number of nitrogens with one attached hydrogen (secondary N) is 1. The van der Waals surface area contributed by atoms with E-state index < -0.39 is 0 Å². The number of carbonyl (C=O) groups excluding carboxylic acids is 1. The summed E-state index contributed by atoms with van der Waals surface area (Å²) in [5.41, 5.74) is 3.79. The molecular weight excluding hydrogens is 496 g/mol. The molecule has 0 spiro atoms. The largest absolute Gasteiger partial charge is 0.361 e. The number of aromatic amines is 1. The first-order chi connectivity index (χ1) is 17.5. The van der Waals surface area contributed by atoms with Crippen LogP contribution >= 0.6 is 23.2 Å². The molecule has 0 saturated heterocycles. The molecule has 3 aromatic carbocycles. The van der Waals surface area contributed by atoms with Gasteiger partial charge in [0.05, 0.1) is 16.6 Å². The molecule has 0 bridgehead atoms. The molecule has 4 aromatic rings. The molecule has 5 rings (SSSR count). The molecule has 186 valence electrons. The SMILES string of the molecule is O=C(CN(Cc1ccccc1F)C1CC1)N(CCc1c[nH]c2ccccc12)Cc1ccc(Cl)c(Cl)c1. The summed E-state index contributed by atoms with van der Waals surface area (Å²) in [7, 11) is 0. The number of benzene rings is 3. The van der Waals surface area contributed by atoms with Gasteiger partial charge in [-0.2, -0.15) is 0 Å². The summed E-state index contributed by atoms with van der Waals surface area (Å²) >= 11 is 12.4. The third kappa shape index (κ3) is 5.92. The summed E-state index contributed by atoms with van der Waals surface area (Å²) in [6.45, 7) is 1.65. The Morgan fingerprint density at radius 1 is 0.944 bits per heavy atom. The van der Waals surface area contributed by atoms with Gasteiger partial charge in [0, 0.05) is 48.3 Å². The number of carbonyl (C=O) groups is 1. The fourth-order valence-corrected chi connectivity index (χ4v) is 4.94. The third-order valence-electron chi connectivity index (χ3n) is 6.77. The Bertz CT molecular complexity index is 1370. The van der Waals surface area contributed by atoms with E-state index in [1.165, 1.54) is 17.0 Å². The monoisotopic (exact) mass is 523 g/mol. The normalized spacial score (nSPS) is 13.4. The van der Waals surface area contributed by atoms with Gasteiger partial charge in [-0.25, -0.2) is 4.39 Å². The molecule has 1 aliphatic rings. The maximum absolute atomic E-state index is 14.3. The van der Waals surface area contributed by atoms with Crippen LogP contribution in [0.3, 0.4) is 0 Å². The molecule has 36 heavy (non-hydrogen) atoms. The smallest absolute Gasteiger partial charge is 0.237 e. The van der Waals surface area contributed by atoms with Crippen LogP contribution in [0, 0.1) is 5.82 Å². The van der Waals surface area contributed by atoms with Crippen LogP contribution in [0.2, 0.25) is 10.0 Å². The number of hydrogen-bond acceptors (Lipinski definition) is 2. The Morgan fingerprint density at radius 3 is 2.50 bits per heavy atom. The van der Waals surface area contributed by atoms with E-state index in [0.717, 1.165) is 23.9 Å². The average Bonchev–Trinajstić information content (AvgIpc) is 3.65. The Morgan fingerprint density at radius 2 is 1.72 bits per heavy atom. The van der Waals surface area contributed by atoms with Crippen molar-refractivity contribution in [3.05, 3.63) is 105 Å². The van der Waals surface area contributed by atoms with Gasteiger partial charge in [-0.05, 0) is 54.7 Å². The molecular formula is C29H28Cl2FN3O. The minimum atomic E-state index is -0.234. The fourth-order valence-electron chi connectivity index (χ4n) is 4.62. The summed E-state index contributed by atoms with van der Waals surface area (Å²) in [5, 5.41) is 2.12. The lowest BCUT2D eigenvalue weighted by Gasteiger charge is -2.28. The first-order valence-electron chi connectivity index (χ1n) is 12.2. The minimum absolute atomic E-state index is 0.0177. The standard InChI is InChI=1S/C29H28Cl2FN3O/c30-25-12-9-20(15-26(25)31)17-34(14-13-21-16-33-28-8-4-2-6-24(21)28)29(36)19-35(23-10-11-23)18-22-5-1-3-7-27(22)32/h1-9,12,15-16,23,33H,10-11,13-14,17-19H2. The van der Waals surface area contributed by atoms with Crippen molar-refractivity contribution in [3.8, 4) is 0 Å². The molecule has 0 aliphatic heterocycles. The van der Waals surface area contributed by atoms with Gasteiger partial charge in [-0.3, -0.25) is 9.69 Å². The summed E-state index contributed by atoms with van der Waals surface area (Å²) in [5.74, 6) is -0.216. The van der Waals surface area contributed by atoms with Crippen LogP contribution < -0.4 is 0 Å². The van der Waals surface area contributed by atoms with Crippen molar-refractivity contribution in [2.75, 3.05) is 13.1 Å². The van der Waals surface area contributed by atoms with Crippen LogP contribution in [0.25, 0.3) is 10.9 Å². The lowest BCUT2D eigenvalue weighted by molar-refractivity contribution is -0.133. The van der Waals surface area contributed by atoms with E-state index in [1.54, 1.807) is 18.2 Å². The zero-order valence-corrected chi connectivity index (χ0v) is 21.4. The van der Waals surface area contributed by atoms with Gasteiger partial charge in [-0.15, -0.1) is 0 Å². The summed E-state index contributed by atoms with van der Waals surface area (Å²) in [4.78, 5) is 21.0. The minimum Gasteiger partial charge on any atom is -0.361 e. The highest BCUT2D eigenvalue weighted by molar-refractivity contribution is 6.42. The quantitative estimate of drug-likeness (QED) is 0.247. The van der Waals surface area contributed by atoms with Gasteiger partial charge in [-0.1, -0.05) is 65.7 Å². The second kappa shape index (κ2) is 11.0. The van der Waals surface area contributed by atoms with Crippen LogP contribution in [0.1, 0.15) is 29.5 Å². The van der Waals surface area contributed by atoms with Crippen LogP contribution in [-0.4, -0.2) is 39.8 Å². The topological polar surface area (TPSA) is 39.3 Å². The van der Waals surface area contributed by atoms with Crippen LogP contribution in [0.5, 0.6) is 0 Å². The predicted octanol–water partition coefficient (Wildman–Crippen LogP) is 6.85. The Balaban J connectivity index is 1.34. The maximum atomic E-state index is 14.3. The molecule has 0 radical (unpaired) electrons. The molecule has 1 aliphatic carbocycles. The van der Waals surface area contributed by atoms with Crippen molar-refractivity contribution >= 4 is 40.0 Å². The highest BCUT2D eigenvalue weighted by atomic mass is 35.5. The molecule has 0 atom stereocenters. The van der Waals surface area contributed by atoms with Gasteiger partial charge < -0.3 is 9.88 Å². The number of hydrogen-bond donors (Lipinski definition) is 1. The lowest BCUT2D eigenvalue weighted by Crippen LogP contribution is -2.41. The fraction of sp³-hybridized carbons (Fsp3) is 0.276. The predicted molar refractivity (Wildman–Crippen MR) is 144 cm³/mol. The van der Waals surface area contributed by atoms with Crippen molar-refractivity contribution in [1.29, 1.82) is 0 Å². The van der Waals surface area contributed by atoms with E-state index in [-0.39, 0.29) is 18.3 Å². The van der Waals surface area contributed by atoms with Crippen LogP contribution in [-0.2, 0) is 24.3 Å². The first-order valence-corrected chi connectivity index (χ1v) is 13.0. The molecule has 1 amide bonds. The molecule has 1 heterocycles. The molecule has 0 unspecified atom stereocenters. The highest BCUT2D eigenvalue weighted by Gasteiger charge is 2.32. The number of amides is 1.